The average molecular weight is 321 g/mol. The number of fused-ring (bicyclic) bond motifs is 1. The summed E-state index contributed by atoms with van der Waals surface area (Å²) in [6.07, 6.45) is 7.21. The number of nitrogens with zero attached hydrogens (tertiary/aromatic N) is 4. The van der Waals surface area contributed by atoms with E-state index in [2.05, 4.69) is 22.0 Å². The first kappa shape index (κ1) is 14.6. The van der Waals surface area contributed by atoms with Gasteiger partial charge < -0.3 is 11.1 Å². The zero-order valence-corrected chi connectivity index (χ0v) is 13.5. The van der Waals surface area contributed by atoms with E-state index in [0.717, 1.165) is 47.0 Å². The third kappa shape index (κ3) is 2.12. The van der Waals surface area contributed by atoms with Crippen molar-refractivity contribution in [3.63, 3.8) is 0 Å². The fourth-order valence-corrected chi connectivity index (χ4v) is 3.26. The van der Waals surface area contributed by atoms with Crippen LogP contribution in [-0.4, -0.2) is 26.4 Å². The molecule has 0 radical (unpaired) electrons. The molecule has 0 bridgehead atoms. The van der Waals surface area contributed by atoms with Crippen LogP contribution in [0, 0.1) is 24.2 Å². The molecular formula is C17H19N7. The predicted octanol–water partition coefficient (Wildman–Crippen LogP) is 2.14. The van der Waals surface area contributed by atoms with E-state index in [1.54, 1.807) is 23.3 Å². The molecule has 0 amide bonds. The Labute approximate surface area is 139 Å². The molecule has 0 spiro atoms. The number of aliphatic imine (C=N–C) groups is 1. The molecule has 1 fully saturated rings. The van der Waals surface area contributed by atoms with Crippen LogP contribution in [0.3, 0.4) is 0 Å². The summed E-state index contributed by atoms with van der Waals surface area (Å²) in [6.45, 7) is 6.12. The van der Waals surface area contributed by atoms with Gasteiger partial charge in [-0.25, -0.2) is 9.67 Å². The molecule has 3 heterocycles. The molecule has 2 aromatic rings. The van der Waals surface area contributed by atoms with E-state index in [0.29, 0.717) is 0 Å². The van der Waals surface area contributed by atoms with Crippen molar-refractivity contribution in [3.8, 4) is 5.69 Å². The van der Waals surface area contributed by atoms with Crippen LogP contribution in [0.1, 0.15) is 24.0 Å². The van der Waals surface area contributed by atoms with Crippen LogP contribution >= 0.6 is 0 Å². The zero-order chi connectivity index (χ0) is 16.8. The maximum atomic E-state index is 7.72. The number of hydrogen-bond donors (Lipinski definition) is 3. The Bertz CT molecular complexity index is 877. The summed E-state index contributed by atoms with van der Waals surface area (Å²) in [5.74, 6) is 2.00. The van der Waals surface area contributed by atoms with E-state index >= 15 is 0 Å². The minimum atomic E-state index is 0.0575. The molecular weight excluding hydrogens is 302 g/mol. The Kier molecular flexibility index (Phi) is 3.23. The molecule has 4 N–H and O–H groups in total. The Morgan fingerprint density at radius 1 is 1.42 bits per heavy atom. The van der Waals surface area contributed by atoms with Gasteiger partial charge in [-0.3, -0.25) is 10.4 Å². The molecule has 1 aliphatic carbocycles. The van der Waals surface area contributed by atoms with Crippen molar-refractivity contribution >= 4 is 23.2 Å². The second-order valence-corrected chi connectivity index (χ2v) is 6.30. The molecule has 2 atom stereocenters. The van der Waals surface area contributed by atoms with Gasteiger partial charge >= 0.3 is 0 Å². The average Bonchev–Trinajstić information content (AvgIpc) is 2.90. The quantitative estimate of drug-likeness (QED) is 0.595. The lowest BCUT2D eigenvalue weighted by atomic mass is 9.72. The van der Waals surface area contributed by atoms with Crippen LogP contribution in [0.4, 0.5) is 5.82 Å². The van der Waals surface area contributed by atoms with Crippen molar-refractivity contribution < 1.29 is 0 Å². The first-order valence-corrected chi connectivity index (χ1v) is 7.94. The lowest BCUT2D eigenvalue weighted by Gasteiger charge is -2.37. The summed E-state index contributed by atoms with van der Waals surface area (Å²) in [5.41, 5.74) is 9.32. The number of aromatic nitrogens is 3. The van der Waals surface area contributed by atoms with Crippen molar-refractivity contribution in [2.75, 3.05) is 0 Å². The molecule has 0 saturated heterocycles. The van der Waals surface area contributed by atoms with Gasteiger partial charge in [0.2, 0.25) is 0 Å². The van der Waals surface area contributed by atoms with Gasteiger partial charge in [0.1, 0.15) is 5.84 Å². The molecule has 24 heavy (non-hydrogen) atoms. The normalized spacial score (nSPS) is 22.2. The van der Waals surface area contributed by atoms with E-state index in [1.807, 2.05) is 13.0 Å². The summed E-state index contributed by atoms with van der Waals surface area (Å²) in [4.78, 5) is 8.99. The van der Waals surface area contributed by atoms with Crippen molar-refractivity contribution in [2.24, 2.45) is 22.6 Å². The molecule has 0 aromatic carbocycles. The van der Waals surface area contributed by atoms with Gasteiger partial charge in [0.05, 0.1) is 29.5 Å². The topological polar surface area (TPSA) is 105 Å². The molecule has 7 nitrogen and oxygen atoms in total. The van der Waals surface area contributed by atoms with Gasteiger partial charge in [-0.1, -0.05) is 6.58 Å². The summed E-state index contributed by atoms with van der Waals surface area (Å²) in [6, 6.07) is 1.95. The number of pyridine rings is 1. The number of rotatable bonds is 3. The lowest BCUT2D eigenvalue weighted by molar-refractivity contribution is 0.323. The number of amidine groups is 2. The van der Waals surface area contributed by atoms with Gasteiger partial charge in [0, 0.05) is 23.7 Å². The number of aryl methyl sites for hydroxylation is 1. The highest BCUT2D eigenvalue weighted by Crippen LogP contribution is 2.39. The van der Waals surface area contributed by atoms with Crippen LogP contribution in [0.15, 0.2) is 36.2 Å². The SMILES string of the molecule is C=C1NC([C@@H]2CC[C@H]2C(=N)N)=Nc2c1cnn2-c1cnccc1C. The first-order chi connectivity index (χ1) is 11.6. The van der Waals surface area contributed by atoms with E-state index in [4.69, 9.17) is 16.1 Å². The smallest absolute Gasteiger partial charge is 0.167 e. The molecule has 2 aliphatic rings. The van der Waals surface area contributed by atoms with E-state index < -0.39 is 0 Å². The molecule has 2 aromatic heterocycles. The van der Waals surface area contributed by atoms with Gasteiger partial charge in [-0.15, -0.1) is 0 Å². The van der Waals surface area contributed by atoms with Crippen LogP contribution in [0.5, 0.6) is 0 Å². The Morgan fingerprint density at radius 2 is 2.25 bits per heavy atom. The zero-order valence-electron chi connectivity index (χ0n) is 13.5. The van der Waals surface area contributed by atoms with Crippen molar-refractivity contribution in [1.82, 2.24) is 20.1 Å². The van der Waals surface area contributed by atoms with Gasteiger partial charge in [0.25, 0.3) is 0 Å². The molecule has 1 saturated carbocycles. The fraction of sp³-hybridized carbons (Fsp3) is 0.294. The van der Waals surface area contributed by atoms with Gasteiger partial charge in [-0.2, -0.15) is 5.10 Å². The highest BCUT2D eigenvalue weighted by Gasteiger charge is 2.39. The summed E-state index contributed by atoms with van der Waals surface area (Å²) in [7, 11) is 0. The van der Waals surface area contributed by atoms with Crippen molar-refractivity contribution in [3.05, 3.63) is 42.4 Å². The number of nitrogens with two attached hydrogens (primary N) is 1. The van der Waals surface area contributed by atoms with E-state index in [-0.39, 0.29) is 17.7 Å². The maximum Gasteiger partial charge on any atom is 0.167 e. The number of hydrogen-bond acceptors (Lipinski definition) is 5. The number of nitrogens with one attached hydrogen (secondary N) is 2. The van der Waals surface area contributed by atoms with Gasteiger partial charge in [0.15, 0.2) is 5.82 Å². The third-order valence-corrected chi connectivity index (χ3v) is 4.84. The van der Waals surface area contributed by atoms with Crippen LogP contribution in [0.25, 0.3) is 11.4 Å². The van der Waals surface area contributed by atoms with Gasteiger partial charge in [-0.05, 0) is 31.4 Å². The third-order valence-electron chi connectivity index (χ3n) is 4.84. The summed E-state index contributed by atoms with van der Waals surface area (Å²) < 4.78 is 1.80. The lowest BCUT2D eigenvalue weighted by Crippen LogP contribution is -2.46. The monoisotopic (exact) mass is 321 g/mol. The largest absolute Gasteiger partial charge is 0.387 e. The van der Waals surface area contributed by atoms with Crippen molar-refractivity contribution in [2.45, 2.75) is 19.8 Å². The minimum Gasteiger partial charge on any atom is -0.387 e. The maximum absolute atomic E-state index is 7.72. The molecule has 0 unspecified atom stereocenters. The summed E-state index contributed by atoms with van der Waals surface area (Å²) >= 11 is 0. The predicted molar refractivity (Wildman–Crippen MR) is 93.5 cm³/mol. The minimum absolute atomic E-state index is 0.0575. The summed E-state index contributed by atoms with van der Waals surface area (Å²) in [5, 5.41) is 15.5. The second kappa shape index (κ2) is 5.30. The Hall–Kier alpha value is -2.96. The van der Waals surface area contributed by atoms with Crippen molar-refractivity contribution in [1.29, 1.82) is 5.41 Å². The fourth-order valence-electron chi connectivity index (χ4n) is 3.26. The molecule has 4 rings (SSSR count). The standard InChI is InChI=1S/C17H19N7/c1-9-5-6-20-8-14(9)24-17-13(7-21-24)10(2)22-16(23-17)12-4-3-11(12)15(18)19/h5-8,11-12H,2-4H2,1H3,(H3,18,19)(H,22,23)/t11-,12-/m1/s1. The van der Waals surface area contributed by atoms with Crippen LogP contribution in [0.2, 0.25) is 0 Å². The van der Waals surface area contributed by atoms with Crippen LogP contribution < -0.4 is 11.1 Å². The Morgan fingerprint density at radius 3 is 2.92 bits per heavy atom. The Balaban J connectivity index is 1.79. The van der Waals surface area contributed by atoms with Crippen LogP contribution in [-0.2, 0) is 0 Å². The van der Waals surface area contributed by atoms with E-state index in [9.17, 15) is 0 Å². The molecule has 122 valence electrons. The molecule has 7 heteroatoms. The first-order valence-electron chi connectivity index (χ1n) is 7.94. The molecule has 1 aliphatic heterocycles. The highest BCUT2D eigenvalue weighted by atomic mass is 15.3. The highest BCUT2D eigenvalue weighted by molar-refractivity contribution is 6.01. The van der Waals surface area contributed by atoms with E-state index in [1.165, 1.54) is 0 Å². The second-order valence-electron chi connectivity index (χ2n) is 6.30.